The first kappa shape index (κ1) is 16.0. The topological polar surface area (TPSA) is 66.4 Å². The lowest BCUT2D eigenvalue weighted by molar-refractivity contribution is -0.137. The largest absolute Gasteiger partial charge is 0.481 e. The summed E-state index contributed by atoms with van der Waals surface area (Å²) >= 11 is 0. The Morgan fingerprint density at radius 3 is 2.37 bits per heavy atom. The molecule has 4 heteroatoms. The molecule has 1 fully saturated rings. The molecule has 0 spiro atoms. The molecule has 1 saturated carbocycles. The minimum absolute atomic E-state index is 0.0230. The van der Waals surface area contributed by atoms with Crippen LogP contribution in [-0.2, 0) is 9.59 Å². The van der Waals surface area contributed by atoms with Crippen LogP contribution in [0.3, 0.4) is 0 Å². The van der Waals surface area contributed by atoms with Crippen molar-refractivity contribution in [2.75, 3.05) is 6.54 Å². The number of nitrogens with one attached hydrogen (secondary N) is 1. The van der Waals surface area contributed by atoms with E-state index in [9.17, 15) is 9.59 Å². The van der Waals surface area contributed by atoms with Gasteiger partial charge < -0.3 is 10.4 Å². The van der Waals surface area contributed by atoms with E-state index in [1.807, 2.05) is 0 Å². The summed E-state index contributed by atoms with van der Waals surface area (Å²) in [5.41, 5.74) is 0.142. The minimum atomic E-state index is -0.838. The van der Waals surface area contributed by atoms with Gasteiger partial charge in [-0.15, -0.1) is 0 Å². The third kappa shape index (κ3) is 6.08. The fraction of sp³-hybridized carbons (Fsp3) is 0.867. The molecule has 0 heterocycles. The Kier molecular flexibility index (Phi) is 6.32. The number of aliphatic carboxylic acids is 1. The van der Waals surface area contributed by atoms with Crippen LogP contribution in [0.4, 0.5) is 0 Å². The Morgan fingerprint density at radius 2 is 1.79 bits per heavy atom. The summed E-state index contributed by atoms with van der Waals surface area (Å²) in [5.74, 6) is -0.166. The average molecular weight is 269 g/mol. The minimum Gasteiger partial charge on any atom is -0.481 e. The van der Waals surface area contributed by atoms with Gasteiger partial charge in [-0.2, -0.15) is 0 Å². The van der Waals surface area contributed by atoms with Gasteiger partial charge in [0.15, 0.2) is 0 Å². The van der Waals surface area contributed by atoms with E-state index in [0.717, 1.165) is 0 Å². The first-order chi connectivity index (χ1) is 8.92. The Balaban J connectivity index is 2.25. The normalized spacial score (nSPS) is 17.2. The molecule has 1 aliphatic rings. The molecule has 0 radical (unpaired) electrons. The van der Waals surface area contributed by atoms with Crippen LogP contribution in [0.15, 0.2) is 0 Å². The maximum absolute atomic E-state index is 11.6. The second-order valence-corrected chi connectivity index (χ2v) is 6.35. The van der Waals surface area contributed by atoms with E-state index in [4.69, 9.17) is 5.11 Å². The summed E-state index contributed by atoms with van der Waals surface area (Å²) in [5, 5.41) is 11.5. The van der Waals surface area contributed by atoms with Gasteiger partial charge >= 0.3 is 5.97 Å². The van der Waals surface area contributed by atoms with Crippen molar-refractivity contribution in [1.29, 1.82) is 0 Å². The second kappa shape index (κ2) is 7.51. The molecule has 0 aromatic heterocycles. The highest BCUT2D eigenvalue weighted by Crippen LogP contribution is 2.37. The van der Waals surface area contributed by atoms with Crippen molar-refractivity contribution in [3.05, 3.63) is 0 Å². The molecule has 19 heavy (non-hydrogen) atoms. The van der Waals surface area contributed by atoms with E-state index in [0.29, 0.717) is 25.3 Å². The highest BCUT2D eigenvalue weighted by atomic mass is 16.4. The van der Waals surface area contributed by atoms with Crippen molar-refractivity contribution in [1.82, 2.24) is 5.32 Å². The van der Waals surface area contributed by atoms with Crippen LogP contribution in [-0.4, -0.2) is 23.5 Å². The average Bonchev–Trinajstić information content (AvgIpc) is 2.37. The zero-order valence-electron chi connectivity index (χ0n) is 12.2. The fourth-order valence-electron chi connectivity index (χ4n) is 2.84. The van der Waals surface area contributed by atoms with E-state index in [1.165, 1.54) is 32.1 Å². The number of carbonyl (C=O) groups is 2. The number of hydrogen-bond acceptors (Lipinski definition) is 2. The van der Waals surface area contributed by atoms with Crippen LogP contribution in [0.25, 0.3) is 0 Å². The van der Waals surface area contributed by atoms with Crippen molar-refractivity contribution in [3.8, 4) is 0 Å². The lowest BCUT2D eigenvalue weighted by atomic mass is 9.71. The molecule has 0 aliphatic heterocycles. The Labute approximate surface area is 116 Å². The molecule has 1 aliphatic carbocycles. The van der Waals surface area contributed by atoms with Crippen LogP contribution >= 0.6 is 0 Å². The molecule has 0 atom stereocenters. The van der Waals surface area contributed by atoms with Crippen LogP contribution in [0, 0.1) is 11.3 Å². The molecule has 2 N–H and O–H groups in total. The van der Waals surface area contributed by atoms with Gasteiger partial charge in [-0.05, 0) is 30.6 Å². The van der Waals surface area contributed by atoms with Gasteiger partial charge in [-0.25, -0.2) is 0 Å². The highest BCUT2D eigenvalue weighted by molar-refractivity contribution is 5.76. The SMILES string of the molecule is CC(C)(CNC(=O)CCCC(=O)O)C1CCCCC1. The van der Waals surface area contributed by atoms with Gasteiger partial charge in [0.2, 0.25) is 5.91 Å². The number of carbonyl (C=O) groups excluding carboxylic acids is 1. The third-order valence-corrected chi connectivity index (χ3v) is 4.25. The van der Waals surface area contributed by atoms with E-state index in [-0.39, 0.29) is 17.7 Å². The van der Waals surface area contributed by atoms with Gasteiger partial charge in [0.05, 0.1) is 0 Å². The number of rotatable bonds is 7. The number of carboxylic acid groups (broad SMARTS) is 1. The Hall–Kier alpha value is -1.06. The number of carboxylic acids is 1. The quantitative estimate of drug-likeness (QED) is 0.746. The first-order valence-corrected chi connectivity index (χ1v) is 7.40. The summed E-state index contributed by atoms with van der Waals surface area (Å²) in [6, 6.07) is 0. The van der Waals surface area contributed by atoms with Gasteiger partial charge in [0, 0.05) is 19.4 Å². The fourth-order valence-corrected chi connectivity index (χ4v) is 2.84. The van der Waals surface area contributed by atoms with Crippen molar-refractivity contribution < 1.29 is 14.7 Å². The van der Waals surface area contributed by atoms with Crippen LogP contribution in [0.2, 0.25) is 0 Å². The van der Waals surface area contributed by atoms with Crippen molar-refractivity contribution in [2.45, 2.75) is 65.2 Å². The molecular formula is C15H27NO3. The number of amides is 1. The third-order valence-electron chi connectivity index (χ3n) is 4.25. The van der Waals surface area contributed by atoms with E-state index in [2.05, 4.69) is 19.2 Å². The molecule has 0 bridgehead atoms. The second-order valence-electron chi connectivity index (χ2n) is 6.35. The van der Waals surface area contributed by atoms with Gasteiger partial charge in [-0.3, -0.25) is 9.59 Å². The molecule has 1 amide bonds. The Morgan fingerprint density at radius 1 is 1.16 bits per heavy atom. The molecule has 0 unspecified atom stereocenters. The van der Waals surface area contributed by atoms with Gasteiger partial charge in [0.25, 0.3) is 0 Å². The first-order valence-electron chi connectivity index (χ1n) is 7.40. The molecule has 0 aromatic rings. The van der Waals surface area contributed by atoms with Crippen molar-refractivity contribution in [3.63, 3.8) is 0 Å². The Bertz CT molecular complexity index is 307. The van der Waals surface area contributed by atoms with Gasteiger partial charge in [-0.1, -0.05) is 33.1 Å². The summed E-state index contributed by atoms with van der Waals surface area (Å²) in [6.07, 6.45) is 7.29. The molecule has 0 aromatic carbocycles. The summed E-state index contributed by atoms with van der Waals surface area (Å²) < 4.78 is 0. The standard InChI is InChI=1S/C15H27NO3/c1-15(2,12-7-4-3-5-8-12)11-16-13(17)9-6-10-14(18)19/h12H,3-11H2,1-2H3,(H,16,17)(H,18,19). The van der Waals surface area contributed by atoms with E-state index >= 15 is 0 Å². The van der Waals surface area contributed by atoms with Crippen molar-refractivity contribution >= 4 is 11.9 Å². The van der Waals surface area contributed by atoms with Crippen LogP contribution in [0.5, 0.6) is 0 Å². The zero-order chi connectivity index (χ0) is 14.3. The summed E-state index contributed by atoms with van der Waals surface area (Å²) in [6.45, 7) is 5.14. The molecule has 110 valence electrons. The molecule has 1 rings (SSSR count). The predicted octanol–water partition coefficient (Wildman–Crippen LogP) is 2.96. The van der Waals surface area contributed by atoms with Crippen molar-refractivity contribution in [2.24, 2.45) is 11.3 Å². The molecule has 4 nitrogen and oxygen atoms in total. The lowest BCUT2D eigenvalue weighted by Gasteiger charge is -2.37. The maximum atomic E-state index is 11.6. The lowest BCUT2D eigenvalue weighted by Crippen LogP contribution is -2.39. The summed E-state index contributed by atoms with van der Waals surface area (Å²) in [4.78, 5) is 22.0. The number of hydrogen-bond donors (Lipinski definition) is 2. The smallest absolute Gasteiger partial charge is 0.303 e. The monoisotopic (exact) mass is 269 g/mol. The van der Waals surface area contributed by atoms with E-state index < -0.39 is 5.97 Å². The van der Waals surface area contributed by atoms with Crippen LogP contribution in [0.1, 0.15) is 65.2 Å². The van der Waals surface area contributed by atoms with Crippen LogP contribution < -0.4 is 5.32 Å². The molecular weight excluding hydrogens is 242 g/mol. The maximum Gasteiger partial charge on any atom is 0.303 e. The summed E-state index contributed by atoms with van der Waals surface area (Å²) in [7, 11) is 0. The zero-order valence-corrected chi connectivity index (χ0v) is 12.2. The van der Waals surface area contributed by atoms with E-state index in [1.54, 1.807) is 0 Å². The molecule has 0 saturated heterocycles. The highest BCUT2D eigenvalue weighted by Gasteiger charge is 2.30. The predicted molar refractivity (Wildman–Crippen MR) is 74.9 cm³/mol. The van der Waals surface area contributed by atoms with Gasteiger partial charge in [0.1, 0.15) is 0 Å².